The summed E-state index contributed by atoms with van der Waals surface area (Å²) >= 11 is 0. The van der Waals surface area contributed by atoms with Gasteiger partial charge < -0.3 is 14.2 Å². The molecule has 0 aliphatic carbocycles. The molecule has 2 saturated heterocycles. The van der Waals surface area contributed by atoms with Crippen molar-refractivity contribution >= 4 is 13.8 Å². The molecule has 0 N–H and O–H groups in total. The maximum absolute atomic E-state index is 12.0. The molecule has 108 valence electrons. The standard InChI is InChI=1S/C13H14BN3O4/c14-11-9-10(16-17-15)13(21-11,6-19-9)7-20-12(18)8-4-2-1-3-5-8/h1-5,9-11H,6-7,14H2/t9-,10?,11-,13-/m1/s1. The SMILES string of the molecule is B[C@@H]1O[C@@]2(COC(=O)c3ccccc3)CO[C@@H]1C2N=[N+]=[N-]. The number of nitrogens with zero attached hydrogens (tertiary/aromatic N) is 3. The lowest BCUT2D eigenvalue weighted by atomic mass is 9.91. The summed E-state index contributed by atoms with van der Waals surface area (Å²) in [6, 6.07) is 8.05. The van der Waals surface area contributed by atoms with Crippen LogP contribution in [0.3, 0.4) is 0 Å². The molecule has 0 radical (unpaired) electrons. The van der Waals surface area contributed by atoms with E-state index in [1.165, 1.54) is 0 Å². The molecule has 2 aliphatic rings. The molecule has 2 heterocycles. The summed E-state index contributed by atoms with van der Waals surface area (Å²) in [5, 5.41) is 3.76. The van der Waals surface area contributed by atoms with Crippen LogP contribution in [0, 0.1) is 0 Å². The number of hydrogen-bond acceptors (Lipinski definition) is 5. The van der Waals surface area contributed by atoms with Crippen molar-refractivity contribution in [2.24, 2.45) is 5.11 Å². The predicted octanol–water partition coefficient (Wildman–Crippen LogP) is 0.649. The van der Waals surface area contributed by atoms with E-state index in [-0.39, 0.29) is 25.3 Å². The van der Waals surface area contributed by atoms with Gasteiger partial charge in [-0.3, -0.25) is 0 Å². The smallest absolute Gasteiger partial charge is 0.338 e. The van der Waals surface area contributed by atoms with Gasteiger partial charge in [0.1, 0.15) is 20.1 Å². The van der Waals surface area contributed by atoms with Gasteiger partial charge in [-0.05, 0) is 17.7 Å². The number of rotatable bonds is 4. The van der Waals surface area contributed by atoms with Crippen LogP contribution in [-0.4, -0.2) is 50.8 Å². The normalized spacial score (nSPS) is 33.4. The lowest BCUT2D eigenvalue weighted by Gasteiger charge is -2.29. The Labute approximate surface area is 122 Å². The Morgan fingerprint density at radius 2 is 2.29 bits per heavy atom. The zero-order chi connectivity index (χ0) is 14.9. The van der Waals surface area contributed by atoms with Crippen LogP contribution in [0.5, 0.6) is 0 Å². The molecular formula is C13H14BN3O4. The summed E-state index contributed by atoms with van der Waals surface area (Å²) in [6.07, 6.45) is -0.281. The number of hydrogen-bond donors (Lipinski definition) is 0. The fourth-order valence-electron chi connectivity index (χ4n) is 2.88. The largest absolute Gasteiger partial charge is 0.459 e. The van der Waals surface area contributed by atoms with Gasteiger partial charge in [0.2, 0.25) is 0 Å². The summed E-state index contributed by atoms with van der Waals surface area (Å²) in [4.78, 5) is 14.8. The summed E-state index contributed by atoms with van der Waals surface area (Å²) < 4.78 is 16.8. The van der Waals surface area contributed by atoms with E-state index in [0.29, 0.717) is 5.56 Å². The van der Waals surface area contributed by atoms with Crippen molar-refractivity contribution in [3.8, 4) is 0 Å². The second kappa shape index (κ2) is 5.40. The summed E-state index contributed by atoms with van der Waals surface area (Å²) in [5.41, 5.74) is 8.28. The highest BCUT2D eigenvalue weighted by molar-refractivity contribution is 6.11. The van der Waals surface area contributed by atoms with Crippen LogP contribution in [0.2, 0.25) is 0 Å². The van der Waals surface area contributed by atoms with Crippen LogP contribution < -0.4 is 0 Å². The topological polar surface area (TPSA) is 93.5 Å². The van der Waals surface area contributed by atoms with Crippen molar-refractivity contribution < 1.29 is 19.0 Å². The molecular weight excluding hydrogens is 273 g/mol. The fourth-order valence-corrected chi connectivity index (χ4v) is 2.88. The van der Waals surface area contributed by atoms with Gasteiger partial charge in [0.25, 0.3) is 0 Å². The first-order valence-corrected chi connectivity index (χ1v) is 6.72. The highest BCUT2D eigenvalue weighted by atomic mass is 16.6. The average Bonchev–Trinajstić information content (AvgIpc) is 2.97. The van der Waals surface area contributed by atoms with Crippen LogP contribution in [0.15, 0.2) is 35.4 Å². The molecule has 0 aromatic heterocycles. The van der Waals surface area contributed by atoms with Crippen molar-refractivity contribution in [3.63, 3.8) is 0 Å². The molecule has 2 aliphatic heterocycles. The molecule has 1 aromatic carbocycles. The number of esters is 1. The number of azide groups is 1. The second-order valence-electron chi connectivity index (χ2n) is 5.26. The van der Waals surface area contributed by atoms with Gasteiger partial charge in [0.05, 0.1) is 30.3 Å². The van der Waals surface area contributed by atoms with Gasteiger partial charge >= 0.3 is 5.97 Å². The van der Waals surface area contributed by atoms with Gasteiger partial charge in [0.15, 0.2) is 0 Å². The molecule has 1 unspecified atom stereocenters. The highest BCUT2D eigenvalue weighted by Crippen LogP contribution is 2.41. The van der Waals surface area contributed by atoms with Crippen molar-refractivity contribution in [1.29, 1.82) is 0 Å². The minimum atomic E-state index is -0.874. The summed E-state index contributed by atoms with van der Waals surface area (Å²) in [7, 11) is 1.85. The predicted molar refractivity (Wildman–Crippen MR) is 75.5 cm³/mol. The third kappa shape index (κ3) is 2.38. The van der Waals surface area contributed by atoms with E-state index in [2.05, 4.69) is 10.0 Å². The van der Waals surface area contributed by atoms with Crippen LogP contribution in [0.1, 0.15) is 10.4 Å². The Bertz CT molecular complexity index is 592. The van der Waals surface area contributed by atoms with E-state index in [1.54, 1.807) is 24.3 Å². The van der Waals surface area contributed by atoms with Crippen LogP contribution in [0.4, 0.5) is 0 Å². The zero-order valence-corrected chi connectivity index (χ0v) is 11.5. The summed E-state index contributed by atoms with van der Waals surface area (Å²) in [6.45, 7) is 0.263. The number of benzene rings is 1. The van der Waals surface area contributed by atoms with Crippen LogP contribution in [0.25, 0.3) is 10.4 Å². The highest BCUT2D eigenvalue weighted by Gasteiger charge is 2.60. The molecule has 1 aromatic rings. The molecule has 21 heavy (non-hydrogen) atoms. The van der Waals surface area contributed by atoms with E-state index in [4.69, 9.17) is 19.7 Å². The lowest BCUT2D eigenvalue weighted by Crippen LogP contribution is -2.45. The van der Waals surface area contributed by atoms with Gasteiger partial charge in [-0.1, -0.05) is 23.3 Å². The van der Waals surface area contributed by atoms with Crippen molar-refractivity contribution in [1.82, 2.24) is 0 Å². The maximum atomic E-state index is 12.0. The fraction of sp³-hybridized carbons (Fsp3) is 0.462. The third-order valence-corrected chi connectivity index (χ3v) is 3.89. The van der Waals surface area contributed by atoms with E-state index >= 15 is 0 Å². The van der Waals surface area contributed by atoms with Gasteiger partial charge in [0, 0.05) is 4.91 Å². The monoisotopic (exact) mass is 287 g/mol. The number of carbonyl (C=O) groups is 1. The molecule has 8 heteroatoms. The minimum absolute atomic E-state index is 0.00521. The number of carbonyl (C=O) groups excluding carboxylic acids is 1. The van der Waals surface area contributed by atoms with E-state index < -0.39 is 17.6 Å². The zero-order valence-electron chi connectivity index (χ0n) is 11.5. The molecule has 0 spiro atoms. The number of ether oxygens (including phenoxy) is 3. The van der Waals surface area contributed by atoms with Crippen LogP contribution >= 0.6 is 0 Å². The van der Waals surface area contributed by atoms with Crippen molar-refractivity contribution in [2.45, 2.75) is 23.8 Å². The Balaban J connectivity index is 1.72. The first-order chi connectivity index (χ1) is 10.2. The molecule has 3 rings (SSSR count). The third-order valence-electron chi connectivity index (χ3n) is 3.89. The molecule has 4 atom stereocenters. The first-order valence-electron chi connectivity index (χ1n) is 6.72. The summed E-state index contributed by atoms with van der Waals surface area (Å²) in [5.74, 6) is -0.434. The Kier molecular flexibility index (Phi) is 3.59. The van der Waals surface area contributed by atoms with Crippen LogP contribution in [-0.2, 0) is 14.2 Å². The molecule has 2 fully saturated rings. The van der Waals surface area contributed by atoms with E-state index in [0.717, 1.165) is 0 Å². The molecule has 7 nitrogen and oxygen atoms in total. The molecule has 0 amide bonds. The average molecular weight is 287 g/mol. The first kappa shape index (κ1) is 13.9. The Morgan fingerprint density at radius 3 is 2.95 bits per heavy atom. The van der Waals surface area contributed by atoms with Crippen molar-refractivity contribution in [2.75, 3.05) is 13.2 Å². The molecule has 0 saturated carbocycles. The van der Waals surface area contributed by atoms with Crippen molar-refractivity contribution in [3.05, 3.63) is 46.3 Å². The lowest BCUT2D eigenvalue weighted by molar-refractivity contribution is -0.132. The Morgan fingerprint density at radius 1 is 1.52 bits per heavy atom. The quantitative estimate of drug-likeness (QED) is 0.267. The second-order valence-corrected chi connectivity index (χ2v) is 5.26. The maximum Gasteiger partial charge on any atom is 0.338 e. The van der Waals surface area contributed by atoms with Gasteiger partial charge in [-0.2, -0.15) is 0 Å². The van der Waals surface area contributed by atoms with E-state index in [1.807, 2.05) is 13.9 Å². The van der Waals surface area contributed by atoms with Gasteiger partial charge in [-0.15, -0.1) is 0 Å². The Hall–Kier alpha value is -2.02. The van der Waals surface area contributed by atoms with Gasteiger partial charge in [-0.25, -0.2) is 4.79 Å². The number of fused-ring (bicyclic) bond motifs is 2. The van der Waals surface area contributed by atoms with E-state index in [9.17, 15) is 4.79 Å². The minimum Gasteiger partial charge on any atom is -0.459 e. The molecule has 2 bridgehead atoms.